The number of carbonyl (C=O) groups is 1. The number of aliphatic hydroxyl groups is 1. The summed E-state index contributed by atoms with van der Waals surface area (Å²) >= 11 is 0. The summed E-state index contributed by atoms with van der Waals surface area (Å²) in [6.07, 6.45) is 0.745. The fraction of sp³-hybridized carbons (Fsp3) is 0.857. The van der Waals surface area contributed by atoms with Crippen LogP contribution >= 0.6 is 0 Å². The van der Waals surface area contributed by atoms with Crippen LogP contribution in [0.3, 0.4) is 0 Å². The number of nitrogens with zero attached hydrogens (tertiary/aromatic N) is 1. The van der Waals surface area contributed by atoms with E-state index in [1.807, 2.05) is 11.9 Å². The van der Waals surface area contributed by atoms with Gasteiger partial charge in [-0.15, -0.1) is 0 Å². The minimum atomic E-state index is -0.166. The SMILES string of the molecule is CN(CCO)C1CCOC1=O. The van der Waals surface area contributed by atoms with Crippen molar-refractivity contribution in [3.05, 3.63) is 0 Å². The molecule has 1 N–H and O–H groups in total. The van der Waals surface area contributed by atoms with E-state index in [0.29, 0.717) is 13.2 Å². The monoisotopic (exact) mass is 159 g/mol. The Balaban J connectivity index is 2.39. The number of hydrogen-bond acceptors (Lipinski definition) is 4. The fourth-order valence-electron chi connectivity index (χ4n) is 1.20. The molecule has 0 amide bonds. The largest absolute Gasteiger partial charge is 0.464 e. The first-order valence-corrected chi connectivity index (χ1v) is 3.73. The molecule has 0 spiro atoms. The van der Waals surface area contributed by atoms with Crippen molar-refractivity contribution in [2.75, 3.05) is 26.8 Å². The van der Waals surface area contributed by atoms with Crippen LogP contribution in [-0.2, 0) is 9.53 Å². The van der Waals surface area contributed by atoms with Crippen molar-refractivity contribution in [1.82, 2.24) is 4.90 Å². The number of rotatable bonds is 3. The smallest absolute Gasteiger partial charge is 0.323 e. The Kier molecular flexibility index (Phi) is 2.84. The maximum Gasteiger partial charge on any atom is 0.323 e. The van der Waals surface area contributed by atoms with Gasteiger partial charge >= 0.3 is 5.97 Å². The highest BCUT2D eigenvalue weighted by atomic mass is 16.5. The van der Waals surface area contributed by atoms with Crippen molar-refractivity contribution in [3.63, 3.8) is 0 Å². The molecule has 11 heavy (non-hydrogen) atoms. The second-order valence-corrected chi connectivity index (χ2v) is 2.68. The molecule has 1 atom stereocenters. The topological polar surface area (TPSA) is 49.8 Å². The molecule has 0 aliphatic carbocycles. The zero-order valence-corrected chi connectivity index (χ0v) is 6.62. The summed E-state index contributed by atoms with van der Waals surface area (Å²) in [5.74, 6) is -0.166. The third-order valence-electron chi connectivity index (χ3n) is 1.89. The number of ether oxygens (including phenoxy) is 1. The second kappa shape index (κ2) is 3.69. The van der Waals surface area contributed by atoms with E-state index in [0.717, 1.165) is 6.42 Å². The van der Waals surface area contributed by atoms with E-state index in [4.69, 9.17) is 9.84 Å². The van der Waals surface area contributed by atoms with Gasteiger partial charge in [-0.25, -0.2) is 0 Å². The summed E-state index contributed by atoms with van der Waals surface area (Å²) in [6, 6.07) is -0.137. The van der Waals surface area contributed by atoms with E-state index >= 15 is 0 Å². The van der Waals surface area contributed by atoms with Gasteiger partial charge in [0.15, 0.2) is 0 Å². The summed E-state index contributed by atoms with van der Waals surface area (Å²) < 4.78 is 4.77. The van der Waals surface area contributed by atoms with Crippen LogP contribution in [-0.4, -0.2) is 48.8 Å². The van der Waals surface area contributed by atoms with Crippen molar-refractivity contribution < 1.29 is 14.6 Å². The van der Waals surface area contributed by atoms with Crippen LogP contribution in [0.5, 0.6) is 0 Å². The molecule has 1 saturated heterocycles. The minimum Gasteiger partial charge on any atom is -0.464 e. The quantitative estimate of drug-likeness (QED) is 0.549. The van der Waals surface area contributed by atoms with E-state index < -0.39 is 0 Å². The minimum absolute atomic E-state index is 0.0836. The molecule has 4 heteroatoms. The van der Waals surface area contributed by atoms with E-state index in [9.17, 15) is 4.79 Å². The molecule has 0 aromatic carbocycles. The molecule has 1 unspecified atom stereocenters. The third-order valence-corrected chi connectivity index (χ3v) is 1.89. The highest BCUT2D eigenvalue weighted by Crippen LogP contribution is 2.11. The molecule has 4 nitrogen and oxygen atoms in total. The van der Waals surface area contributed by atoms with Gasteiger partial charge in [0, 0.05) is 13.0 Å². The third kappa shape index (κ3) is 1.91. The number of aliphatic hydroxyl groups excluding tert-OH is 1. The first kappa shape index (κ1) is 8.49. The summed E-state index contributed by atoms with van der Waals surface area (Å²) in [6.45, 7) is 1.12. The molecular weight excluding hydrogens is 146 g/mol. The number of cyclic esters (lactones) is 1. The normalized spacial score (nSPS) is 24.3. The van der Waals surface area contributed by atoms with Crippen molar-refractivity contribution in [1.29, 1.82) is 0 Å². The van der Waals surface area contributed by atoms with E-state index in [-0.39, 0.29) is 18.6 Å². The van der Waals surface area contributed by atoms with Gasteiger partial charge in [-0.2, -0.15) is 0 Å². The van der Waals surface area contributed by atoms with Crippen molar-refractivity contribution >= 4 is 5.97 Å². The van der Waals surface area contributed by atoms with E-state index in [1.165, 1.54) is 0 Å². The lowest BCUT2D eigenvalue weighted by molar-refractivity contribution is -0.142. The fourth-order valence-corrected chi connectivity index (χ4v) is 1.20. The number of esters is 1. The molecule has 1 heterocycles. The van der Waals surface area contributed by atoms with Crippen LogP contribution in [0, 0.1) is 0 Å². The Labute approximate surface area is 65.8 Å². The molecule has 0 aromatic rings. The van der Waals surface area contributed by atoms with E-state index in [1.54, 1.807) is 0 Å². The Morgan fingerprint density at radius 2 is 2.55 bits per heavy atom. The zero-order valence-electron chi connectivity index (χ0n) is 6.62. The first-order valence-electron chi connectivity index (χ1n) is 3.73. The van der Waals surface area contributed by atoms with Crippen LogP contribution in [0.25, 0.3) is 0 Å². The lowest BCUT2D eigenvalue weighted by Gasteiger charge is -2.18. The molecule has 0 aromatic heterocycles. The molecule has 1 fully saturated rings. The predicted molar refractivity (Wildman–Crippen MR) is 39.1 cm³/mol. The number of hydrogen-bond donors (Lipinski definition) is 1. The number of carbonyl (C=O) groups excluding carboxylic acids is 1. The summed E-state index contributed by atoms with van der Waals surface area (Å²) in [5, 5.41) is 8.59. The lowest BCUT2D eigenvalue weighted by Crippen LogP contribution is -2.37. The Hall–Kier alpha value is -0.610. The average Bonchev–Trinajstić information content (AvgIpc) is 2.36. The molecule has 1 rings (SSSR count). The van der Waals surface area contributed by atoms with Crippen LogP contribution in [0.1, 0.15) is 6.42 Å². The molecule has 0 saturated carbocycles. The van der Waals surface area contributed by atoms with Gasteiger partial charge < -0.3 is 9.84 Å². The maximum absolute atomic E-state index is 10.9. The lowest BCUT2D eigenvalue weighted by atomic mass is 10.2. The van der Waals surface area contributed by atoms with Crippen molar-refractivity contribution in [3.8, 4) is 0 Å². The van der Waals surface area contributed by atoms with Gasteiger partial charge in [0.2, 0.25) is 0 Å². The standard InChI is InChI=1S/C7H13NO3/c1-8(3-4-9)6-2-5-11-7(6)10/h6,9H,2-5H2,1H3. The van der Waals surface area contributed by atoms with Gasteiger partial charge in [0.05, 0.1) is 13.2 Å². The Morgan fingerprint density at radius 3 is 3.00 bits per heavy atom. The summed E-state index contributed by atoms with van der Waals surface area (Å²) in [7, 11) is 1.81. The Bertz CT molecular complexity index is 149. The highest BCUT2D eigenvalue weighted by molar-refractivity contribution is 5.77. The van der Waals surface area contributed by atoms with Gasteiger partial charge in [-0.05, 0) is 7.05 Å². The highest BCUT2D eigenvalue weighted by Gasteiger charge is 2.29. The molecule has 0 radical (unpaired) electrons. The molecule has 0 bridgehead atoms. The zero-order chi connectivity index (χ0) is 8.27. The second-order valence-electron chi connectivity index (χ2n) is 2.68. The van der Waals surface area contributed by atoms with Gasteiger partial charge in [0.25, 0.3) is 0 Å². The van der Waals surface area contributed by atoms with E-state index in [2.05, 4.69) is 0 Å². The van der Waals surface area contributed by atoms with Crippen LogP contribution in [0.15, 0.2) is 0 Å². The first-order chi connectivity index (χ1) is 5.25. The summed E-state index contributed by atoms with van der Waals surface area (Å²) in [4.78, 5) is 12.8. The predicted octanol–water partition coefficient (Wildman–Crippen LogP) is -0.774. The van der Waals surface area contributed by atoms with Crippen LogP contribution in [0.2, 0.25) is 0 Å². The van der Waals surface area contributed by atoms with Crippen LogP contribution < -0.4 is 0 Å². The van der Waals surface area contributed by atoms with Gasteiger partial charge in [0.1, 0.15) is 6.04 Å². The Morgan fingerprint density at radius 1 is 1.82 bits per heavy atom. The van der Waals surface area contributed by atoms with Crippen molar-refractivity contribution in [2.24, 2.45) is 0 Å². The molecule has 1 aliphatic rings. The average molecular weight is 159 g/mol. The molecule has 1 aliphatic heterocycles. The van der Waals surface area contributed by atoms with Gasteiger partial charge in [-0.3, -0.25) is 9.69 Å². The summed E-state index contributed by atoms with van der Waals surface area (Å²) in [5.41, 5.74) is 0. The van der Waals surface area contributed by atoms with Crippen LogP contribution in [0.4, 0.5) is 0 Å². The number of likely N-dealkylation sites (N-methyl/N-ethyl adjacent to an activating group) is 1. The maximum atomic E-state index is 10.9. The molecular formula is C7H13NO3. The molecule has 64 valence electrons. The van der Waals surface area contributed by atoms with Gasteiger partial charge in [-0.1, -0.05) is 0 Å². The van der Waals surface area contributed by atoms with Crippen molar-refractivity contribution in [2.45, 2.75) is 12.5 Å².